The highest BCUT2D eigenvalue weighted by Gasteiger charge is 2.13. The van der Waals surface area contributed by atoms with Crippen molar-refractivity contribution in [3.8, 4) is 0 Å². The van der Waals surface area contributed by atoms with Crippen molar-refractivity contribution in [2.75, 3.05) is 39.8 Å². The van der Waals surface area contributed by atoms with Crippen LogP contribution in [0.4, 0.5) is 0 Å². The fourth-order valence-electron chi connectivity index (χ4n) is 3.34. The lowest BCUT2D eigenvalue weighted by molar-refractivity contribution is 0.153. The number of fused-ring (bicyclic) bond motifs is 1. The van der Waals surface area contributed by atoms with Crippen molar-refractivity contribution < 1.29 is 0 Å². The molecule has 0 unspecified atom stereocenters. The summed E-state index contributed by atoms with van der Waals surface area (Å²) in [5.41, 5.74) is 4.21. The molecule has 0 aliphatic carbocycles. The zero-order chi connectivity index (χ0) is 14.8. The Balaban J connectivity index is 1.61. The van der Waals surface area contributed by atoms with Crippen LogP contribution in [0.25, 0.3) is 10.9 Å². The van der Waals surface area contributed by atoms with Crippen LogP contribution in [0.5, 0.6) is 0 Å². The molecule has 1 aromatic carbocycles. The summed E-state index contributed by atoms with van der Waals surface area (Å²) in [6.45, 7) is 8.28. The molecule has 0 atom stereocenters. The van der Waals surface area contributed by atoms with E-state index in [1.807, 2.05) is 0 Å². The summed E-state index contributed by atoms with van der Waals surface area (Å²) in [4.78, 5) is 5.03. The largest absolute Gasteiger partial charge is 0.350 e. The number of hydrogen-bond acceptors (Lipinski definition) is 2. The average molecular weight is 285 g/mol. The molecule has 3 nitrogen and oxygen atoms in total. The molecule has 0 N–H and O–H groups in total. The van der Waals surface area contributed by atoms with Crippen molar-refractivity contribution in [1.82, 2.24) is 14.4 Å². The molecule has 0 bridgehead atoms. The average Bonchev–Trinajstić information content (AvgIpc) is 2.77. The molecule has 1 aliphatic rings. The molecular formula is C18H27N3. The maximum atomic E-state index is 2.61. The van der Waals surface area contributed by atoms with Gasteiger partial charge in [-0.25, -0.2) is 0 Å². The van der Waals surface area contributed by atoms with Crippen LogP contribution < -0.4 is 0 Å². The Morgan fingerprint density at radius 1 is 1.05 bits per heavy atom. The minimum atomic E-state index is 1.19. The van der Waals surface area contributed by atoms with E-state index >= 15 is 0 Å². The molecule has 2 aromatic rings. The van der Waals surface area contributed by atoms with E-state index in [0.29, 0.717) is 0 Å². The van der Waals surface area contributed by atoms with E-state index in [0.717, 1.165) is 0 Å². The van der Waals surface area contributed by atoms with Gasteiger partial charge in [0.1, 0.15) is 0 Å². The minimum Gasteiger partial charge on any atom is -0.350 e. The summed E-state index contributed by atoms with van der Waals surface area (Å²) in [6.07, 6.45) is 4.76. The van der Waals surface area contributed by atoms with Crippen LogP contribution in [-0.2, 0) is 13.5 Å². The highest BCUT2D eigenvalue weighted by Crippen LogP contribution is 2.23. The van der Waals surface area contributed by atoms with Crippen LogP contribution >= 0.6 is 0 Å². The predicted molar refractivity (Wildman–Crippen MR) is 89.9 cm³/mol. The van der Waals surface area contributed by atoms with Crippen molar-refractivity contribution in [2.45, 2.75) is 19.8 Å². The number of benzene rings is 1. The van der Waals surface area contributed by atoms with Crippen molar-refractivity contribution in [1.29, 1.82) is 0 Å². The van der Waals surface area contributed by atoms with Gasteiger partial charge in [-0.3, -0.25) is 0 Å². The van der Waals surface area contributed by atoms with E-state index in [1.165, 1.54) is 67.6 Å². The molecule has 1 fully saturated rings. The van der Waals surface area contributed by atoms with Gasteiger partial charge in [-0.1, -0.05) is 12.1 Å². The Morgan fingerprint density at radius 2 is 1.81 bits per heavy atom. The van der Waals surface area contributed by atoms with Crippen LogP contribution in [0.1, 0.15) is 17.5 Å². The molecular weight excluding hydrogens is 258 g/mol. The van der Waals surface area contributed by atoms with Crippen LogP contribution in [0.3, 0.4) is 0 Å². The number of nitrogens with zero attached hydrogens (tertiary/aromatic N) is 3. The number of rotatable bonds is 4. The van der Waals surface area contributed by atoms with Crippen molar-refractivity contribution in [3.05, 3.63) is 35.5 Å². The number of aryl methyl sites for hydroxylation is 3. The van der Waals surface area contributed by atoms with E-state index in [1.54, 1.807) is 0 Å². The Labute approximate surface area is 128 Å². The molecule has 0 radical (unpaired) electrons. The van der Waals surface area contributed by atoms with Gasteiger partial charge in [0, 0.05) is 50.3 Å². The van der Waals surface area contributed by atoms with Gasteiger partial charge in [0.15, 0.2) is 0 Å². The molecule has 2 heterocycles. The molecule has 0 saturated carbocycles. The zero-order valence-electron chi connectivity index (χ0n) is 13.6. The summed E-state index contributed by atoms with van der Waals surface area (Å²) in [7, 11) is 4.38. The summed E-state index contributed by atoms with van der Waals surface area (Å²) >= 11 is 0. The summed E-state index contributed by atoms with van der Waals surface area (Å²) in [6, 6.07) is 6.81. The van der Waals surface area contributed by atoms with E-state index in [4.69, 9.17) is 0 Å². The van der Waals surface area contributed by atoms with Crippen molar-refractivity contribution in [2.24, 2.45) is 7.05 Å². The second-order valence-electron chi connectivity index (χ2n) is 6.53. The molecule has 3 heteroatoms. The van der Waals surface area contributed by atoms with E-state index < -0.39 is 0 Å². The lowest BCUT2D eigenvalue weighted by Crippen LogP contribution is -2.44. The third-order valence-corrected chi connectivity index (χ3v) is 4.75. The fourth-order valence-corrected chi connectivity index (χ4v) is 3.34. The maximum Gasteiger partial charge on any atom is 0.0483 e. The van der Waals surface area contributed by atoms with Gasteiger partial charge in [0.05, 0.1) is 0 Å². The highest BCUT2D eigenvalue weighted by molar-refractivity contribution is 5.84. The quantitative estimate of drug-likeness (QED) is 0.855. The molecule has 0 amide bonds. The van der Waals surface area contributed by atoms with Crippen molar-refractivity contribution in [3.63, 3.8) is 0 Å². The Hall–Kier alpha value is -1.32. The highest BCUT2D eigenvalue weighted by atomic mass is 15.2. The number of aromatic nitrogens is 1. The lowest BCUT2D eigenvalue weighted by atomic mass is 10.1. The summed E-state index contributed by atoms with van der Waals surface area (Å²) in [5, 5.41) is 1.43. The van der Waals surface area contributed by atoms with E-state index in [9.17, 15) is 0 Å². The summed E-state index contributed by atoms with van der Waals surface area (Å²) < 4.78 is 2.27. The molecule has 1 saturated heterocycles. The minimum absolute atomic E-state index is 1.19. The molecule has 1 aromatic heterocycles. The first-order chi connectivity index (χ1) is 10.1. The van der Waals surface area contributed by atoms with Crippen molar-refractivity contribution >= 4 is 10.9 Å². The fraction of sp³-hybridized carbons (Fsp3) is 0.556. The van der Waals surface area contributed by atoms with Crippen LogP contribution in [0.15, 0.2) is 24.4 Å². The zero-order valence-corrected chi connectivity index (χ0v) is 13.6. The van der Waals surface area contributed by atoms with Gasteiger partial charge in [-0.2, -0.15) is 0 Å². The second-order valence-corrected chi connectivity index (χ2v) is 6.53. The van der Waals surface area contributed by atoms with Crippen LogP contribution in [0, 0.1) is 6.92 Å². The van der Waals surface area contributed by atoms with Gasteiger partial charge in [-0.15, -0.1) is 0 Å². The van der Waals surface area contributed by atoms with E-state index in [2.05, 4.69) is 59.8 Å². The molecule has 1 aliphatic heterocycles. The summed E-state index contributed by atoms with van der Waals surface area (Å²) in [5.74, 6) is 0. The molecule has 0 spiro atoms. The number of piperazine rings is 1. The smallest absolute Gasteiger partial charge is 0.0483 e. The third-order valence-electron chi connectivity index (χ3n) is 4.75. The van der Waals surface area contributed by atoms with Gasteiger partial charge < -0.3 is 14.4 Å². The monoisotopic (exact) mass is 285 g/mol. The maximum absolute atomic E-state index is 2.61. The van der Waals surface area contributed by atoms with Gasteiger partial charge in [0.25, 0.3) is 0 Å². The molecule has 3 rings (SSSR count). The normalized spacial score (nSPS) is 17.7. The molecule has 114 valence electrons. The SMILES string of the molecule is Cc1ccc2c(CCCN3CCN(C)CC3)cn(C)c2c1. The standard InChI is InChI=1S/C18H27N3/c1-15-6-7-17-16(14-20(3)18(17)13-15)5-4-8-21-11-9-19(2)10-12-21/h6-7,13-14H,4-5,8-12H2,1-3H3. The van der Waals surface area contributed by atoms with Gasteiger partial charge in [0.2, 0.25) is 0 Å². The van der Waals surface area contributed by atoms with Crippen LogP contribution in [-0.4, -0.2) is 54.1 Å². The van der Waals surface area contributed by atoms with Gasteiger partial charge >= 0.3 is 0 Å². The molecule has 21 heavy (non-hydrogen) atoms. The Kier molecular flexibility index (Phi) is 4.32. The Bertz CT molecular complexity index is 606. The van der Waals surface area contributed by atoms with Gasteiger partial charge in [-0.05, 0) is 50.6 Å². The second kappa shape index (κ2) is 6.20. The first-order valence-corrected chi connectivity index (χ1v) is 8.09. The third kappa shape index (κ3) is 3.30. The first-order valence-electron chi connectivity index (χ1n) is 8.09. The lowest BCUT2D eigenvalue weighted by Gasteiger charge is -2.32. The van der Waals surface area contributed by atoms with E-state index in [-0.39, 0.29) is 0 Å². The number of likely N-dealkylation sites (N-methyl/N-ethyl adjacent to an activating group) is 1. The predicted octanol–water partition coefficient (Wildman–Crippen LogP) is 2.67. The first kappa shape index (κ1) is 14.6. The number of hydrogen-bond donors (Lipinski definition) is 0. The Morgan fingerprint density at radius 3 is 2.57 bits per heavy atom. The van der Waals surface area contributed by atoms with Crippen LogP contribution in [0.2, 0.25) is 0 Å². The topological polar surface area (TPSA) is 11.4 Å².